The molecule has 0 N–H and O–H groups in total. The van der Waals surface area contributed by atoms with Crippen molar-refractivity contribution in [2.24, 2.45) is 0 Å². The summed E-state index contributed by atoms with van der Waals surface area (Å²) in [6.45, 7) is 0. The van der Waals surface area contributed by atoms with Gasteiger partial charge < -0.3 is 4.74 Å². The minimum atomic E-state index is -7.59. The number of allylic oxidation sites excluding steroid dienone is 1. The van der Waals surface area contributed by atoms with Gasteiger partial charge in [-0.15, -0.1) is 0 Å². The third-order valence-electron chi connectivity index (χ3n) is 3.27. The van der Waals surface area contributed by atoms with E-state index in [1.54, 1.807) is 0 Å². The highest BCUT2D eigenvalue weighted by molar-refractivity contribution is 6.69. The Morgan fingerprint density at radius 3 is 1.68 bits per heavy atom. The molecule has 1 aromatic rings. The standard InChI is InChI=1S/C14H2Cl2F12O3/c15-8(29)3-1-4(9(16)30)6(17)5(2-3)31-10(19)7(18)11(20,21)12(22,23)13(24,25)14(26,27)28/h1-2H. The van der Waals surface area contributed by atoms with Crippen molar-refractivity contribution < 1.29 is 67.0 Å². The van der Waals surface area contributed by atoms with Crippen molar-refractivity contribution in [1.82, 2.24) is 0 Å². The number of carbonyl (C=O) groups is 2. The van der Waals surface area contributed by atoms with Gasteiger partial charge in [-0.1, -0.05) is 0 Å². The molecule has 0 saturated heterocycles. The summed E-state index contributed by atoms with van der Waals surface area (Å²) in [5.41, 5.74) is -2.31. The summed E-state index contributed by atoms with van der Waals surface area (Å²) in [5.74, 6) is -30.6. The number of benzene rings is 1. The topological polar surface area (TPSA) is 43.4 Å². The lowest BCUT2D eigenvalue weighted by atomic mass is 10.0. The SMILES string of the molecule is O=C(Cl)c1cc(OC(F)=C(F)C(F)(F)C(F)(F)C(F)(F)C(F)(F)F)c(F)c(C(=O)Cl)c1. The van der Waals surface area contributed by atoms with Crippen LogP contribution < -0.4 is 4.74 Å². The summed E-state index contributed by atoms with van der Waals surface area (Å²) in [6, 6.07) is -3.28. The van der Waals surface area contributed by atoms with Crippen LogP contribution in [0, 0.1) is 5.82 Å². The highest BCUT2D eigenvalue weighted by Crippen LogP contribution is 2.55. The van der Waals surface area contributed by atoms with Gasteiger partial charge in [0.1, 0.15) is 0 Å². The number of halogens is 14. The fraction of sp³-hybridized carbons (Fsp3) is 0.286. The maximum absolute atomic E-state index is 14.0. The van der Waals surface area contributed by atoms with E-state index in [4.69, 9.17) is 23.2 Å². The van der Waals surface area contributed by atoms with Gasteiger partial charge >= 0.3 is 30.0 Å². The van der Waals surface area contributed by atoms with E-state index in [0.717, 1.165) is 0 Å². The molecular weight excluding hydrogens is 515 g/mol. The summed E-state index contributed by atoms with van der Waals surface area (Å²) >= 11 is 9.87. The van der Waals surface area contributed by atoms with Crippen molar-refractivity contribution in [2.75, 3.05) is 0 Å². The largest absolute Gasteiger partial charge is 0.460 e. The second-order valence-electron chi connectivity index (χ2n) is 5.29. The van der Waals surface area contributed by atoms with Crippen LogP contribution in [0.4, 0.5) is 52.7 Å². The molecule has 0 unspecified atom stereocenters. The van der Waals surface area contributed by atoms with E-state index in [1.807, 2.05) is 0 Å². The van der Waals surface area contributed by atoms with Crippen LogP contribution in [0.1, 0.15) is 20.7 Å². The second kappa shape index (κ2) is 8.41. The fourth-order valence-corrected chi connectivity index (χ4v) is 1.95. The Labute approximate surface area is 172 Å². The lowest BCUT2D eigenvalue weighted by Gasteiger charge is -2.32. The molecule has 0 aliphatic carbocycles. The molecule has 1 aromatic carbocycles. The van der Waals surface area contributed by atoms with Crippen LogP contribution in [0.5, 0.6) is 5.75 Å². The highest BCUT2D eigenvalue weighted by Gasteiger charge is 2.83. The molecule has 0 aromatic heterocycles. The van der Waals surface area contributed by atoms with Gasteiger partial charge in [0.2, 0.25) is 5.83 Å². The minimum absolute atomic E-state index is 0.0153. The zero-order chi connectivity index (χ0) is 24.7. The minimum Gasteiger partial charge on any atom is -0.426 e. The van der Waals surface area contributed by atoms with E-state index in [1.165, 1.54) is 0 Å². The van der Waals surface area contributed by atoms with E-state index in [2.05, 4.69) is 4.74 Å². The number of ether oxygens (including phenoxy) is 1. The normalized spacial score (nSPS) is 14.3. The average Bonchev–Trinajstić information content (AvgIpc) is 2.60. The van der Waals surface area contributed by atoms with Crippen LogP contribution in [0.25, 0.3) is 0 Å². The van der Waals surface area contributed by atoms with E-state index >= 15 is 0 Å². The first-order chi connectivity index (χ1) is 13.7. The summed E-state index contributed by atoms with van der Waals surface area (Å²) in [6.07, 6.45) is -7.33. The van der Waals surface area contributed by atoms with Crippen molar-refractivity contribution in [2.45, 2.75) is 23.9 Å². The molecule has 0 atom stereocenters. The zero-order valence-corrected chi connectivity index (χ0v) is 15.2. The predicted molar refractivity (Wildman–Crippen MR) is 77.5 cm³/mol. The molecule has 0 amide bonds. The van der Waals surface area contributed by atoms with Gasteiger partial charge in [0.15, 0.2) is 11.6 Å². The Balaban J connectivity index is 3.58. The van der Waals surface area contributed by atoms with Crippen LogP contribution in [0.3, 0.4) is 0 Å². The summed E-state index contributed by atoms with van der Waals surface area (Å²) in [7, 11) is 0. The maximum Gasteiger partial charge on any atom is 0.460 e. The predicted octanol–water partition coefficient (Wildman–Crippen LogP) is 6.54. The lowest BCUT2D eigenvalue weighted by Crippen LogP contribution is -2.61. The van der Waals surface area contributed by atoms with Gasteiger partial charge in [0, 0.05) is 5.56 Å². The average molecular weight is 517 g/mol. The Bertz CT molecular complexity index is 939. The molecular formula is C14H2Cl2F12O3. The first-order valence-electron chi connectivity index (χ1n) is 6.87. The van der Waals surface area contributed by atoms with Crippen LogP contribution in [-0.4, -0.2) is 34.4 Å². The van der Waals surface area contributed by atoms with Crippen LogP contribution in [0.15, 0.2) is 24.0 Å². The molecule has 174 valence electrons. The van der Waals surface area contributed by atoms with E-state index < -0.39 is 69.0 Å². The molecule has 0 aliphatic rings. The van der Waals surface area contributed by atoms with Gasteiger partial charge in [-0.25, -0.2) is 4.39 Å². The summed E-state index contributed by atoms with van der Waals surface area (Å²) in [5, 5.41) is -3.29. The Morgan fingerprint density at radius 2 is 1.29 bits per heavy atom. The van der Waals surface area contributed by atoms with Crippen molar-refractivity contribution in [3.05, 3.63) is 40.9 Å². The van der Waals surface area contributed by atoms with Crippen molar-refractivity contribution in [1.29, 1.82) is 0 Å². The molecule has 0 saturated carbocycles. The first-order valence-corrected chi connectivity index (χ1v) is 7.62. The van der Waals surface area contributed by atoms with Crippen molar-refractivity contribution in [3.8, 4) is 5.75 Å². The van der Waals surface area contributed by atoms with E-state index in [0.29, 0.717) is 6.07 Å². The van der Waals surface area contributed by atoms with Crippen LogP contribution >= 0.6 is 23.2 Å². The monoisotopic (exact) mass is 516 g/mol. The third-order valence-corrected chi connectivity index (χ3v) is 3.69. The molecule has 1 rings (SSSR count). The first kappa shape index (κ1) is 26.9. The molecule has 0 heterocycles. The van der Waals surface area contributed by atoms with Crippen molar-refractivity contribution in [3.63, 3.8) is 0 Å². The molecule has 0 aliphatic heterocycles. The fourth-order valence-electron chi connectivity index (χ4n) is 1.71. The number of carbonyl (C=O) groups excluding carboxylic acids is 2. The molecule has 0 spiro atoms. The van der Waals surface area contributed by atoms with Crippen molar-refractivity contribution >= 4 is 33.7 Å². The molecule has 0 radical (unpaired) electrons. The number of hydrogen-bond acceptors (Lipinski definition) is 3. The molecule has 0 fully saturated rings. The quantitative estimate of drug-likeness (QED) is 0.235. The Hall–Kier alpha value is -2.16. The van der Waals surface area contributed by atoms with E-state index in [9.17, 15) is 62.3 Å². The summed E-state index contributed by atoms with van der Waals surface area (Å²) in [4.78, 5) is 22.1. The molecule has 3 nitrogen and oxygen atoms in total. The smallest absolute Gasteiger partial charge is 0.426 e. The van der Waals surface area contributed by atoms with Crippen LogP contribution in [-0.2, 0) is 0 Å². The summed E-state index contributed by atoms with van der Waals surface area (Å²) < 4.78 is 159. The maximum atomic E-state index is 14.0. The third kappa shape index (κ3) is 4.71. The van der Waals surface area contributed by atoms with Crippen LogP contribution in [0.2, 0.25) is 0 Å². The number of rotatable bonds is 7. The van der Waals surface area contributed by atoms with Gasteiger partial charge in [0.25, 0.3) is 10.5 Å². The zero-order valence-electron chi connectivity index (χ0n) is 13.7. The Morgan fingerprint density at radius 1 is 0.806 bits per heavy atom. The molecule has 17 heteroatoms. The highest BCUT2D eigenvalue weighted by atomic mass is 35.5. The Kier molecular flexibility index (Phi) is 7.29. The van der Waals surface area contributed by atoms with Gasteiger partial charge in [-0.2, -0.15) is 48.3 Å². The van der Waals surface area contributed by atoms with Gasteiger partial charge in [-0.3, -0.25) is 9.59 Å². The second-order valence-corrected chi connectivity index (χ2v) is 5.98. The number of alkyl halides is 9. The lowest BCUT2D eigenvalue weighted by molar-refractivity contribution is -0.392. The molecule has 31 heavy (non-hydrogen) atoms. The van der Waals surface area contributed by atoms with Gasteiger partial charge in [0.05, 0.1) is 5.56 Å². The molecule has 0 bridgehead atoms. The number of hydrogen-bond donors (Lipinski definition) is 0. The van der Waals surface area contributed by atoms with Gasteiger partial charge in [-0.05, 0) is 35.3 Å². The van der Waals surface area contributed by atoms with E-state index in [-0.39, 0.29) is 6.07 Å².